The van der Waals surface area contributed by atoms with E-state index in [1.807, 2.05) is 6.92 Å². The Bertz CT molecular complexity index is 644. The third-order valence-corrected chi connectivity index (χ3v) is 6.59. The number of nitrogens with zero attached hydrogens (tertiary/aromatic N) is 3. The molecule has 0 aromatic carbocycles. The first kappa shape index (κ1) is 14.8. The van der Waals surface area contributed by atoms with Gasteiger partial charge in [-0.1, -0.05) is 23.1 Å². The number of hydrogen-bond donors (Lipinski definition) is 2. The second kappa shape index (κ2) is 5.59. The highest BCUT2D eigenvalue weighted by Crippen LogP contribution is 2.40. The fourth-order valence-electron chi connectivity index (χ4n) is 2.18. The number of aryl methyl sites for hydroxylation is 1. The number of thioether (sulfide) groups is 2. The van der Waals surface area contributed by atoms with Gasteiger partial charge in [0.15, 0.2) is 4.34 Å². The number of amides is 1. The summed E-state index contributed by atoms with van der Waals surface area (Å²) in [7, 11) is 0. The zero-order valence-corrected chi connectivity index (χ0v) is 13.4. The van der Waals surface area contributed by atoms with Crippen LogP contribution < -0.4 is 5.73 Å². The Labute approximate surface area is 133 Å². The Morgan fingerprint density at radius 2 is 2.33 bits per heavy atom. The van der Waals surface area contributed by atoms with Crippen molar-refractivity contribution in [3.05, 3.63) is 16.3 Å². The van der Waals surface area contributed by atoms with Gasteiger partial charge in [-0.15, -0.1) is 22.0 Å². The van der Waals surface area contributed by atoms with Crippen LogP contribution in [0.25, 0.3) is 0 Å². The summed E-state index contributed by atoms with van der Waals surface area (Å²) in [5.74, 6) is -0.354. The lowest BCUT2D eigenvalue weighted by Gasteiger charge is -2.48. The Morgan fingerprint density at radius 1 is 1.57 bits per heavy atom. The van der Waals surface area contributed by atoms with Crippen molar-refractivity contribution in [2.24, 2.45) is 5.73 Å². The molecular formula is C11H12N4O3S3. The number of rotatable bonds is 4. The number of β-lactam (4-membered cyclic amide) rings is 1. The number of hydrogen-bond acceptors (Lipinski definition) is 8. The fourth-order valence-corrected chi connectivity index (χ4v) is 5.42. The zero-order valence-electron chi connectivity index (χ0n) is 11.0. The molecule has 21 heavy (non-hydrogen) atoms. The van der Waals surface area contributed by atoms with Crippen LogP contribution in [-0.2, 0) is 9.59 Å². The van der Waals surface area contributed by atoms with Gasteiger partial charge in [-0.05, 0) is 12.5 Å². The molecule has 3 heterocycles. The van der Waals surface area contributed by atoms with Gasteiger partial charge in [0.25, 0.3) is 0 Å². The third kappa shape index (κ3) is 2.56. The number of carboxylic acid groups (broad SMARTS) is 1. The average Bonchev–Trinajstić information content (AvgIpc) is 2.88. The molecule has 1 unspecified atom stereocenters. The first-order valence-electron chi connectivity index (χ1n) is 6.07. The van der Waals surface area contributed by atoms with Crippen LogP contribution in [0, 0.1) is 6.92 Å². The summed E-state index contributed by atoms with van der Waals surface area (Å²) in [6.07, 6.45) is 0. The Hall–Kier alpha value is -1.10. The second-order valence-corrected chi connectivity index (χ2v) is 8.08. The second-order valence-electron chi connectivity index (χ2n) is 4.57. The van der Waals surface area contributed by atoms with Crippen molar-refractivity contribution in [1.82, 2.24) is 15.1 Å². The van der Waals surface area contributed by atoms with E-state index in [2.05, 4.69) is 10.2 Å². The molecule has 0 bridgehead atoms. The smallest absolute Gasteiger partial charge is 0.352 e. The van der Waals surface area contributed by atoms with Crippen molar-refractivity contribution in [1.29, 1.82) is 0 Å². The van der Waals surface area contributed by atoms with Gasteiger partial charge >= 0.3 is 5.97 Å². The molecule has 2 aliphatic heterocycles. The molecular weight excluding hydrogens is 332 g/mol. The molecule has 0 saturated carbocycles. The van der Waals surface area contributed by atoms with Crippen molar-refractivity contribution in [3.63, 3.8) is 0 Å². The molecule has 1 fully saturated rings. The molecule has 10 heteroatoms. The van der Waals surface area contributed by atoms with Gasteiger partial charge in [0, 0.05) is 11.5 Å². The number of aromatic nitrogens is 2. The molecule has 3 N–H and O–H groups in total. The normalized spacial score (nSPS) is 24.9. The molecule has 1 aromatic heterocycles. The first-order chi connectivity index (χ1) is 9.99. The molecule has 0 radical (unpaired) electrons. The summed E-state index contributed by atoms with van der Waals surface area (Å²) in [5, 5.41) is 17.9. The SMILES string of the molecule is Cc1nnc(SCC2=C(C(=O)O)N3C(=O)[C@@H](N)C3SC2)s1. The van der Waals surface area contributed by atoms with Gasteiger partial charge in [0.1, 0.15) is 22.1 Å². The standard InChI is InChI=1S/C11H12N4O3S3/c1-4-13-14-11(21-4)20-3-5-2-19-9-6(12)8(16)15(9)7(5)10(17)18/h6,9H,2-3,12H2,1H3,(H,17,18)/t6-,9?/m1/s1. The van der Waals surface area contributed by atoms with Gasteiger partial charge in [-0.2, -0.15) is 0 Å². The van der Waals surface area contributed by atoms with Gasteiger partial charge in [0.2, 0.25) is 5.91 Å². The number of carboxylic acids is 1. The van der Waals surface area contributed by atoms with Crippen LogP contribution in [-0.4, -0.2) is 55.0 Å². The third-order valence-electron chi connectivity index (χ3n) is 3.17. The van der Waals surface area contributed by atoms with Crippen molar-refractivity contribution in [2.75, 3.05) is 11.5 Å². The summed E-state index contributed by atoms with van der Waals surface area (Å²) >= 11 is 4.41. The maximum atomic E-state index is 11.8. The van der Waals surface area contributed by atoms with Gasteiger partial charge < -0.3 is 10.8 Å². The maximum absolute atomic E-state index is 11.8. The molecule has 1 saturated heterocycles. The van der Waals surface area contributed by atoms with Crippen molar-refractivity contribution in [3.8, 4) is 0 Å². The molecule has 2 aliphatic rings. The molecule has 2 atom stereocenters. The van der Waals surface area contributed by atoms with Gasteiger partial charge in [0.05, 0.1) is 0 Å². The van der Waals surface area contributed by atoms with Crippen molar-refractivity contribution >= 4 is 46.7 Å². The number of nitrogens with two attached hydrogens (primary N) is 1. The van der Waals surface area contributed by atoms with Crippen LogP contribution >= 0.6 is 34.9 Å². The highest BCUT2D eigenvalue weighted by atomic mass is 32.2. The average molecular weight is 344 g/mol. The summed E-state index contributed by atoms with van der Waals surface area (Å²) < 4.78 is 0.795. The van der Waals surface area contributed by atoms with E-state index in [0.717, 1.165) is 14.9 Å². The molecule has 1 aromatic rings. The van der Waals surface area contributed by atoms with E-state index in [1.54, 1.807) is 0 Å². The Morgan fingerprint density at radius 3 is 2.95 bits per heavy atom. The van der Waals surface area contributed by atoms with E-state index in [1.165, 1.54) is 39.8 Å². The van der Waals surface area contributed by atoms with E-state index < -0.39 is 12.0 Å². The van der Waals surface area contributed by atoms with Crippen LogP contribution in [0.5, 0.6) is 0 Å². The Balaban J connectivity index is 1.81. The summed E-state index contributed by atoms with van der Waals surface area (Å²) in [6, 6.07) is -0.593. The quantitative estimate of drug-likeness (QED) is 0.601. The fraction of sp³-hybridized carbons (Fsp3) is 0.455. The lowest BCUT2D eigenvalue weighted by molar-refractivity contribution is -0.147. The Kier molecular flexibility index (Phi) is 3.95. The van der Waals surface area contributed by atoms with Crippen LogP contribution in [0.3, 0.4) is 0 Å². The number of aliphatic carboxylic acids is 1. The highest BCUT2D eigenvalue weighted by Gasteiger charge is 2.51. The van der Waals surface area contributed by atoms with Crippen LogP contribution in [0.4, 0.5) is 0 Å². The summed E-state index contributed by atoms with van der Waals surface area (Å²) in [4.78, 5) is 24.6. The number of carbonyl (C=O) groups is 2. The van der Waals surface area contributed by atoms with Crippen molar-refractivity contribution < 1.29 is 14.7 Å². The van der Waals surface area contributed by atoms with Crippen LogP contribution in [0.1, 0.15) is 5.01 Å². The predicted octanol–water partition coefficient (Wildman–Crippen LogP) is 0.520. The summed E-state index contributed by atoms with van der Waals surface area (Å²) in [6.45, 7) is 1.87. The summed E-state index contributed by atoms with van der Waals surface area (Å²) in [5.41, 5.74) is 6.51. The molecule has 112 valence electrons. The largest absolute Gasteiger partial charge is 0.477 e. The number of carbonyl (C=O) groups excluding carboxylic acids is 1. The van der Waals surface area contributed by atoms with E-state index in [0.29, 0.717) is 11.5 Å². The molecule has 3 rings (SSSR count). The lowest BCUT2D eigenvalue weighted by Crippen LogP contribution is -2.68. The minimum Gasteiger partial charge on any atom is -0.477 e. The lowest BCUT2D eigenvalue weighted by atomic mass is 10.0. The van der Waals surface area contributed by atoms with E-state index in [-0.39, 0.29) is 17.0 Å². The predicted molar refractivity (Wildman–Crippen MR) is 81.1 cm³/mol. The van der Waals surface area contributed by atoms with Crippen LogP contribution in [0.15, 0.2) is 15.6 Å². The van der Waals surface area contributed by atoms with E-state index in [4.69, 9.17) is 5.73 Å². The van der Waals surface area contributed by atoms with Crippen LogP contribution in [0.2, 0.25) is 0 Å². The zero-order chi connectivity index (χ0) is 15.1. The molecule has 1 amide bonds. The minimum atomic E-state index is -1.08. The first-order valence-corrected chi connectivity index (χ1v) is 8.92. The van der Waals surface area contributed by atoms with Gasteiger partial charge in [-0.25, -0.2) is 4.79 Å². The highest BCUT2D eigenvalue weighted by molar-refractivity contribution is 8.01. The monoisotopic (exact) mass is 344 g/mol. The molecule has 0 aliphatic carbocycles. The maximum Gasteiger partial charge on any atom is 0.352 e. The van der Waals surface area contributed by atoms with Crippen molar-refractivity contribution in [2.45, 2.75) is 22.7 Å². The van der Waals surface area contributed by atoms with E-state index in [9.17, 15) is 14.7 Å². The minimum absolute atomic E-state index is 0.0826. The number of fused-ring (bicyclic) bond motifs is 1. The molecule has 7 nitrogen and oxygen atoms in total. The van der Waals surface area contributed by atoms with E-state index >= 15 is 0 Å². The molecule has 0 spiro atoms. The topological polar surface area (TPSA) is 109 Å². The van der Waals surface area contributed by atoms with Gasteiger partial charge in [-0.3, -0.25) is 9.69 Å².